The fourth-order valence-corrected chi connectivity index (χ4v) is 2.44. The van der Waals surface area contributed by atoms with E-state index in [1.807, 2.05) is 13.0 Å². The highest BCUT2D eigenvalue weighted by molar-refractivity contribution is 5.88. The van der Waals surface area contributed by atoms with Crippen LogP contribution in [0.4, 0.5) is 4.79 Å². The smallest absolute Gasteiger partial charge is 0.335 e. The molecule has 0 spiro atoms. The van der Waals surface area contributed by atoms with Crippen molar-refractivity contribution in [3.63, 3.8) is 0 Å². The molecule has 0 atom stereocenters. The van der Waals surface area contributed by atoms with Crippen LogP contribution in [0.25, 0.3) is 0 Å². The van der Waals surface area contributed by atoms with Crippen molar-refractivity contribution >= 4 is 12.0 Å². The second-order valence-corrected chi connectivity index (χ2v) is 4.92. The molecule has 1 aromatic carbocycles. The summed E-state index contributed by atoms with van der Waals surface area (Å²) in [6, 6.07) is 6.87. The summed E-state index contributed by atoms with van der Waals surface area (Å²) in [5.41, 5.74) is 2.09. The Hall–Kier alpha value is -2.55. The normalized spacial score (nSPS) is 12.7. The average molecular weight is 287 g/mol. The number of nitriles is 1. The van der Waals surface area contributed by atoms with E-state index in [0.717, 1.165) is 11.1 Å². The van der Waals surface area contributed by atoms with Crippen molar-refractivity contribution in [2.45, 2.75) is 26.4 Å². The van der Waals surface area contributed by atoms with Gasteiger partial charge in [-0.1, -0.05) is 6.07 Å². The van der Waals surface area contributed by atoms with Gasteiger partial charge in [-0.3, -0.25) is 0 Å². The molecule has 0 saturated carbocycles. The predicted octanol–water partition coefficient (Wildman–Crippen LogP) is 2.06. The van der Waals surface area contributed by atoms with Gasteiger partial charge in [0.05, 0.1) is 18.1 Å². The Morgan fingerprint density at radius 3 is 2.71 bits per heavy atom. The summed E-state index contributed by atoms with van der Waals surface area (Å²) >= 11 is 0. The summed E-state index contributed by atoms with van der Waals surface area (Å²) in [7, 11) is 0. The van der Waals surface area contributed by atoms with Crippen LogP contribution in [0.15, 0.2) is 18.2 Å². The number of benzene rings is 1. The molecule has 0 fully saturated rings. The molecule has 0 aromatic heterocycles. The van der Waals surface area contributed by atoms with Crippen LogP contribution in [0.1, 0.15) is 34.8 Å². The average Bonchev–Trinajstić information content (AvgIpc) is 2.90. The number of carbonyl (C=O) groups is 2. The first kappa shape index (κ1) is 14.9. The number of carboxylic acid groups (broad SMARTS) is 1. The standard InChI is InChI=1S/C15H17N3O3/c1-2-17(7-3-6-16)15(21)18-9-12-5-4-11(14(19)20)8-13(12)10-18/h4-5,8H,2-3,7,9-10H2,1H3,(H,19,20). The summed E-state index contributed by atoms with van der Waals surface area (Å²) in [6.07, 6.45) is 0.309. The Labute approximate surface area is 123 Å². The van der Waals surface area contributed by atoms with Gasteiger partial charge in [-0.25, -0.2) is 9.59 Å². The molecular formula is C15H17N3O3. The number of rotatable bonds is 4. The van der Waals surface area contributed by atoms with Crippen LogP contribution in [-0.4, -0.2) is 40.0 Å². The molecule has 1 aromatic rings. The Morgan fingerprint density at radius 2 is 2.10 bits per heavy atom. The van der Waals surface area contributed by atoms with Gasteiger partial charge >= 0.3 is 12.0 Å². The van der Waals surface area contributed by atoms with Gasteiger partial charge in [-0.2, -0.15) is 5.26 Å². The van der Waals surface area contributed by atoms with Crippen LogP contribution in [0, 0.1) is 11.3 Å². The zero-order valence-electron chi connectivity index (χ0n) is 11.9. The van der Waals surface area contributed by atoms with E-state index in [1.165, 1.54) is 0 Å². The minimum absolute atomic E-state index is 0.110. The second kappa shape index (κ2) is 6.27. The zero-order chi connectivity index (χ0) is 15.4. The highest BCUT2D eigenvalue weighted by Gasteiger charge is 2.27. The van der Waals surface area contributed by atoms with Gasteiger partial charge < -0.3 is 14.9 Å². The first-order valence-electron chi connectivity index (χ1n) is 6.82. The van der Waals surface area contributed by atoms with Crippen molar-refractivity contribution < 1.29 is 14.7 Å². The van der Waals surface area contributed by atoms with E-state index in [4.69, 9.17) is 10.4 Å². The number of carbonyl (C=O) groups excluding carboxylic acids is 1. The lowest BCUT2D eigenvalue weighted by molar-refractivity contribution is 0.0696. The van der Waals surface area contributed by atoms with Crippen LogP contribution in [0.2, 0.25) is 0 Å². The van der Waals surface area contributed by atoms with E-state index < -0.39 is 5.97 Å². The Kier molecular flexibility index (Phi) is 4.43. The van der Waals surface area contributed by atoms with Crippen molar-refractivity contribution in [2.75, 3.05) is 13.1 Å². The van der Waals surface area contributed by atoms with Crippen LogP contribution >= 0.6 is 0 Å². The van der Waals surface area contributed by atoms with Crippen molar-refractivity contribution in [2.24, 2.45) is 0 Å². The van der Waals surface area contributed by atoms with Gasteiger partial charge in [-0.15, -0.1) is 0 Å². The molecule has 6 nitrogen and oxygen atoms in total. The number of aromatic carboxylic acids is 1. The molecule has 0 aliphatic carbocycles. The van der Waals surface area contributed by atoms with Crippen LogP contribution in [-0.2, 0) is 13.1 Å². The third-order valence-electron chi connectivity index (χ3n) is 3.59. The molecule has 1 N–H and O–H groups in total. The highest BCUT2D eigenvalue weighted by atomic mass is 16.4. The Bertz CT molecular complexity index is 607. The van der Waals surface area contributed by atoms with E-state index in [0.29, 0.717) is 32.6 Å². The molecule has 0 bridgehead atoms. The molecular weight excluding hydrogens is 270 g/mol. The van der Waals surface area contributed by atoms with E-state index >= 15 is 0 Å². The molecule has 0 saturated heterocycles. The number of fused-ring (bicyclic) bond motifs is 1. The number of hydrogen-bond acceptors (Lipinski definition) is 3. The van der Waals surface area contributed by atoms with Crippen molar-refractivity contribution in [1.82, 2.24) is 9.80 Å². The summed E-state index contributed by atoms with van der Waals surface area (Å²) in [5, 5.41) is 17.6. The monoisotopic (exact) mass is 287 g/mol. The minimum Gasteiger partial charge on any atom is -0.478 e. The van der Waals surface area contributed by atoms with Gasteiger partial charge in [0, 0.05) is 26.2 Å². The van der Waals surface area contributed by atoms with E-state index in [2.05, 4.69) is 0 Å². The van der Waals surface area contributed by atoms with Gasteiger partial charge in [0.25, 0.3) is 0 Å². The fourth-order valence-electron chi connectivity index (χ4n) is 2.44. The maximum absolute atomic E-state index is 12.4. The molecule has 1 heterocycles. The lowest BCUT2D eigenvalue weighted by atomic mass is 10.1. The van der Waals surface area contributed by atoms with Gasteiger partial charge in [0.1, 0.15) is 0 Å². The Morgan fingerprint density at radius 1 is 1.38 bits per heavy atom. The van der Waals surface area contributed by atoms with E-state index in [9.17, 15) is 9.59 Å². The second-order valence-electron chi connectivity index (χ2n) is 4.92. The van der Waals surface area contributed by atoms with Crippen LogP contribution < -0.4 is 0 Å². The SMILES string of the molecule is CCN(CCC#N)C(=O)N1Cc2ccc(C(=O)O)cc2C1. The molecule has 0 unspecified atom stereocenters. The largest absolute Gasteiger partial charge is 0.478 e. The first-order valence-corrected chi connectivity index (χ1v) is 6.82. The molecule has 1 aliphatic heterocycles. The number of hydrogen-bond donors (Lipinski definition) is 1. The van der Waals surface area contributed by atoms with E-state index in [-0.39, 0.29) is 11.6 Å². The minimum atomic E-state index is -0.966. The molecule has 6 heteroatoms. The third kappa shape index (κ3) is 3.14. The first-order chi connectivity index (χ1) is 10.1. The van der Waals surface area contributed by atoms with Crippen molar-refractivity contribution in [3.8, 4) is 6.07 Å². The predicted molar refractivity (Wildman–Crippen MR) is 75.5 cm³/mol. The Balaban J connectivity index is 2.10. The summed E-state index contributed by atoms with van der Waals surface area (Å²) in [6.45, 7) is 3.74. The molecule has 1 aliphatic rings. The van der Waals surface area contributed by atoms with Crippen LogP contribution in [0.5, 0.6) is 0 Å². The number of urea groups is 1. The quantitative estimate of drug-likeness (QED) is 0.918. The maximum Gasteiger partial charge on any atom is 0.335 e. The molecule has 0 radical (unpaired) electrons. The van der Waals surface area contributed by atoms with Crippen molar-refractivity contribution in [3.05, 3.63) is 34.9 Å². The molecule has 2 amide bonds. The summed E-state index contributed by atoms with van der Waals surface area (Å²) in [5.74, 6) is -0.966. The van der Waals surface area contributed by atoms with Crippen LogP contribution in [0.3, 0.4) is 0 Å². The topological polar surface area (TPSA) is 84.6 Å². The zero-order valence-corrected chi connectivity index (χ0v) is 11.9. The van der Waals surface area contributed by atoms with Crippen molar-refractivity contribution in [1.29, 1.82) is 5.26 Å². The lowest BCUT2D eigenvalue weighted by Gasteiger charge is -2.26. The molecule has 2 rings (SSSR count). The third-order valence-corrected chi connectivity index (χ3v) is 3.59. The maximum atomic E-state index is 12.4. The lowest BCUT2D eigenvalue weighted by Crippen LogP contribution is -2.40. The van der Waals surface area contributed by atoms with E-state index in [1.54, 1.807) is 28.0 Å². The molecule has 110 valence electrons. The van der Waals surface area contributed by atoms with Gasteiger partial charge in [0.15, 0.2) is 0 Å². The number of amides is 2. The van der Waals surface area contributed by atoms with Gasteiger partial charge in [-0.05, 0) is 30.2 Å². The fraction of sp³-hybridized carbons (Fsp3) is 0.400. The summed E-state index contributed by atoms with van der Waals surface area (Å²) in [4.78, 5) is 26.7. The number of carboxylic acids is 1. The van der Waals surface area contributed by atoms with Gasteiger partial charge in [0.2, 0.25) is 0 Å². The summed E-state index contributed by atoms with van der Waals surface area (Å²) < 4.78 is 0. The highest BCUT2D eigenvalue weighted by Crippen LogP contribution is 2.25. The molecule has 21 heavy (non-hydrogen) atoms. The number of nitrogens with zero attached hydrogens (tertiary/aromatic N) is 3.